The maximum Gasteiger partial charge on any atom is 0.294 e. The van der Waals surface area contributed by atoms with Crippen molar-refractivity contribution in [2.45, 2.75) is 6.92 Å². The summed E-state index contributed by atoms with van der Waals surface area (Å²) >= 11 is 0.746. The summed E-state index contributed by atoms with van der Waals surface area (Å²) in [5.74, 6) is -0.187. The third-order valence-electron chi connectivity index (χ3n) is 4.72. The molecule has 7 nitrogen and oxygen atoms in total. The molecule has 1 aliphatic rings. The van der Waals surface area contributed by atoms with E-state index < -0.39 is 17.1 Å². The minimum absolute atomic E-state index is 0.160. The van der Waals surface area contributed by atoms with Gasteiger partial charge in [-0.25, -0.2) is 0 Å². The summed E-state index contributed by atoms with van der Waals surface area (Å²) in [5, 5.41) is 11.4. The molecule has 2 aromatic carbocycles. The molecular weight excluding hydrogens is 426 g/mol. The first-order valence-corrected chi connectivity index (χ1v) is 10.5. The number of rotatable bonds is 5. The van der Waals surface area contributed by atoms with Gasteiger partial charge >= 0.3 is 0 Å². The topological polar surface area (TPSA) is 103 Å². The molecular formula is C24H17N3O4S. The van der Waals surface area contributed by atoms with Crippen molar-refractivity contribution in [1.29, 1.82) is 5.26 Å². The molecule has 0 atom stereocenters. The number of amides is 3. The molecule has 1 fully saturated rings. The Morgan fingerprint density at radius 1 is 1.12 bits per heavy atom. The molecule has 8 heteroatoms. The van der Waals surface area contributed by atoms with Crippen LogP contribution in [0.3, 0.4) is 0 Å². The van der Waals surface area contributed by atoms with E-state index >= 15 is 0 Å². The van der Waals surface area contributed by atoms with Gasteiger partial charge in [-0.15, -0.1) is 0 Å². The maximum atomic E-state index is 12.7. The van der Waals surface area contributed by atoms with Gasteiger partial charge in [-0.05, 0) is 55.1 Å². The van der Waals surface area contributed by atoms with Gasteiger partial charge < -0.3 is 9.73 Å². The van der Waals surface area contributed by atoms with Gasteiger partial charge in [-0.3, -0.25) is 19.3 Å². The fraction of sp³-hybridized carbons (Fsp3) is 0.0833. The quantitative estimate of drug-likeness (QED) is 0.568. The minimum atomic E-state index is -0.561. The number of furan rings is 1. The molecule has 0 bridgehead atoms. The lowest BCUT2D eigenvalue weighted by Crippen LogP contribution is -2.36. The molecule has 1 aliphatic heterocycles. The fourth-order valence-electron chi connectivity index (χ4n) is 3.12. The number of carbonyl (C=O) groups excluding carboxylic acids is 3. The molecule has 1 aromatic heterocycles. The van der Waals surface area contributed by atoms with Crippen molar-refractivity contribution in [1.82, 2.24) is 4.90 Å². The zero-order valence-electron chi connectivity index (χ0n) is 17.0. The lowest BCUT2D eigenvalue weighted by molar-refractivity contribution is -0.127. The molecule has 0 radical (unpaired) electrons. The van der Waals surface area contributed by atoms with Crippen LogP contribution in [0.25, 0.3) is 17.4 Å². The first-order valence-electron chi connectivity index (χ1n) is 9.66. The SMILES string of the molecule is Cc1ccc(NC(=O)CN2C(=O)S/C(=C/c3ccc(-c4ccccc4C#N)o3)C2=O)cc1. The van der Waals surface area contributed by atoms with Gasteiger partial charge in [-0.2, -0.15) is 5.26 Å². The van der Waals surface area contributed by atoms with Gasteiger partial charge in [0.15, 0.2) is 0 Å². The number of aryl methyl sites for hydroxylation is 1. The number of nitriles is 1. The average Bonchev–Trinajstić information content (AvgIpc) is 3.35. The van der Waals surface area contributed by atoms with E-state index in [9.17, 15) is 19.6 Å². The van der Waals surface area contributed by atoms with Gasteiger partial charge in [0.1, 0.15) is 18.1 Å². The molecule has 0 aliphatic carbocycles. The normalized spacial score (nSPS) is 14.6. The maximum absolute atomic E-state index is 12.7. The van der Waals surface area contributed by atoms with Gasteiger partial charge in [0.2, 0.25) is 5.91 Å². The van der Waals surface area contributed by atoms with Crippen LogP contribution < -0.4 is 5.32 Å². The molecule has 1 saturated heterocycles. The van der Waals surface area contributed by atoms with E-state index in [0.717, 1.165) is 22.2 Å². The summed E-state index contributed by atoms with van der Waals surface area (Å²) in [6, 6.07) is 19.7. The Morgan fingerprint density at radius 2 is 1.88 bits per heavy atom. The van der Waals surface area contributed by atoms with Crippen LogP contribution in [0.4, 0.5) is 10.5 Å². The Kier molecular flexibility index (Phi) is 5.92. The molecule has 3 aromatic rings. The largest absolute Gasteiger partial charge is 0.457 e. The van der Waals surface area contributed by atoms with Crippen LogP contribution in [0, 0.1) is 18.3 Å². The minimum Gasteiger partial charge on any atom is -0.457 e. The number of thioether (sulfide) groups is 1. The zero-order chi connectivity index (χ0) is 22.7. The zero-order valence-corrected chi connectivity index (χ0v) is 17.8. The van der Waals surface area contributed by atoms with Crippen molar-refractivity contribution in [3.63, 3.8) is 0 Å². The Bertz CT molecular complexity index is 1290. The average molecular weight is 443 g/mol. The highest BCUT2D eigenvalue weighted by Crippen LogP contribution is 2.33. The second kappa shape index (κ2) is 8.96. The Hall–Kier alpha value is -4.09. The van der Waals surface area contributed by atoms with E-state index in [0.29, 0.717) is 28.3 Å². The third-order valence-corrected chi connectivity index (χ3v) is 5.63. The predicted molar refractivity (Wildman–Crippen MR) is 121 cm³/mol. The lowest BCUT2D eigenvalue weighted by Gasteiger charge is -2.12. The summed E-state index contributed by atoms with van der Waals surface area (Å²) in [6.45, 7) is 1.55. The van der Waals surface area contributed by atoms with Crippen molar-refractivity contribution < 1.29 is 18.8 Å². The van der Waals surface area contributed by atoms with E-state index in [1.165, 1.54) is 6.08 Å². The highest BCUT2D eigenvalue weighted by Gasteiger charge is 2.36. The van der Waals surface area contributed by atoms with Crippen LogP contribution in [0.5, 0.6) is 0 Å². The van der Waals surface area contributed by atoms with Crippen molar-refractivity contribution >= 4 is 40.6 Å². The predicted octanol–water partition coefficient (Wildman–Crippen LogP) is 4.80. The van der Waals surface area contributed by atoms with Crippen LogP contribution >= 0.6 is 11.8 Å². The molecule has 3 amide bonds. The Balaban J connectivity index is 1.47. The van der Waals surface area contributed by atoms with Crippen molar-refractivity contribution in [3.05, 3.63) is 82.5 Å². The number of hydrogen-bond acceptors (Lipinski definition) is 6. The molecule has 0 saturated carbocycles. The number of carbonyl (C=O) groups is 3. The Morgan fingerprint density at radius 3 is 2.62 bits per heavy atom. The standard InChI is InChI=1S/C24H17N3O4S/c1-15-6-8-17(9-7-15)26-22(28)14-27-23(29)21(32-24(27)30)12-18-10-11-20(31-18)19-5-3-2-4-16(19)13-25/h2-12H,14H2,1H3,(H,26,28)/b21-12+. The highest BCUT2D eigenvalue weighted by atomic mass is 32.2. The van der Waals surface area contributed by atoms with Crippen molar-refractivity contribution in [3.8, 4) is 17.4 Å². The molecule has 32 heavy (non-hydrogen) atoms. The van der Waals surface area contributed by atoms with Crippen molar-refractivity contribution in [2.24, 2.45) is 0 Å². The number of benzene rings is 2. The number of imide groups is 1. The van der Waals surface area contributed by atoms with Gasteiger partial charge in [0, 0.05) is 17.3 Å². The highest BCUT2D eigenvalue weighted by molar-refractivity contribution is 8.18. The van der Waals surface area contributed by atoms with E-state index in [1.54, 1.807) is 48.5 Å². The summed E-state index contributed by atoms with van der Waals surface area (Å²) in [5.41, 5.74) is 2.74. The monoisotopic (exact) mass is 443 g/mol. The van der Waals surface area contributed by atoms with Crippen molar-refractivity contribution in [2.75, 3.05) is 11.9 Å². The van der Waals surface area contributed by atoms with Crippen LogP contribution in [-0.4, -0.2) is 28.5 Å². The number of hydrogen-bond donors (Lipinski definition) is 1. The fourth-order valence-corrected chi connectivity index (χ4v) is 3.94. The van der Waals surface area contributed by atoms with Crippen LogP contribution in [0.2, 0.25) is 0 Å². The van der Waals surface area contributed by atoms with Crippen LogP contribution in [-0.2, 0) is 9.59 Å². The van der Waals surface area contributed by atoms with Gasteiger partial charge in [0.25, 0.3) is 11.1 Å². The van der Waals surface area contributed by atoms with E-state index in [1.807, 2.05) is 19.1 Å². The molecule has 2 heterocycles. The van der Waals surface area contributed by atoms with E-state index in [-0.39, 0.29) is 11.4 Å². The Labute approximate surface area is 188 Å². The van der Waals surface area contributed by atoms with Gasteiger partial charge in [0.05, 0.1) is 16.5 Å². The van der Waals surface area contributed by atoms with E-state index in [2.05, 4.69) is 11.4 Å². The van der Waals surface area contributed by atoms with E-state index in [4.69, 9.17) is 4.42 Å². The summed E-state index contributed by atoms with van der Waals surface area (Å²) in [4.78, 5) is 38.3. The molecule has 158 valence electrons. The molecule has 4 rings (SSSR count). The lowest BCUT2D eigenvalue weighted by atomic mass is 10.1. The first-order chi connectivity index (χ1) is 15.4. The number of anilines is 1. The number of nitrogens with one attached hydrogen (secondary N) is 1. The second-order valence-electron chi connectivity index (χ2n) is 7.04. The number of nitrogens with zero attached hydrogens (tertiary/aromatic N) is 2. The van der Waals surface area contributed by atoms with Crippen LogP contribution in [0.1, 0.15) is 16.9 Å². The molecule has 1 N–H and O–H groups in total. The van der Waals surface area contributed by atoms with Crippen LogP contribution in [0.15, 0.2) is 70.0 Å². The first kappa shape index (κ1) is 21.2. The summed E-state index contributed by atoms with van der Waals surface area (Å²) < 4.78 is 5.76. The molecule has 0 spiro atoms. The smallest absolute Gasteiger partial charge is 0.294 e. The summed E-state index contributed by atoms with van der Waals surface area (Å²) in [7, 11) is 0. The molecule has 0 unspecified atom stereocenters. The summed E-state index contributed by atoms with van der Waals surface area (Å²) in [6.07, 6.45) is 1.46. The third kappa shape index (κ3) is 4.48. The van der Waals surface area contributed by atoms with Gasteiger partial charge in [-0.1, -0.05) is 29.8 Å². The second-order valence-corrected chi connectivity index (χ2v) is 8.03.